The lowest BCUT2D eigenvalue weighted by atomic mass is 10.2. The van der Waals surface area contributed by atoms with E-state index in [9.17, 15) is 0 Å². The molecule has 126 valence electrons. The zero-order chi connectivity index (χ0) is 16.8. The summed E-state index contributed by atoms with van der Waals surface area (Å²) in [6, 6.07) is 5.89. The second kappa shape index (κ2) is 7.87. The molecule has 0 aliphatic rings. The summed E-state index contributed by atoms with van der Waals surface area (Å²) < 4.78 is 12.7. The Morgan fingerprint density at radius 1 is 1.26 bits per heavy atom. The third-order valence-electron chi connectivity index (χ3n) is 3.73. The zero-order valence-electron chi connectivity index (χ0n) is 14.2. The highest BCUT2D eigenvalue weighted by molar-refractivity contribution is 5.48. The van der Waals surface area contributed by atoms with Crippen molar-refractivity contribution in [3.63, 3.8) is 0 Å². The van der Waals surface area contributed by atoms with Crippen molar-refractivity contribution in [1.29, 1.82) is 0 Å². The molecule has 2 aromatic rings. The summed E-state index contributed by atoms with van der Waals surface area (Å²) in [7, 11) is 1.64. The second-order valence-corrected chi connectivity index (χ2v) is 5.28. The highest BCUT2D eigenvalue weighted by Gasteiger charge is 2.11. The van der Waals surface area contributed by atoms with E-state index in [2.05, 4.69) is 10.4 Å². The number of nitrogens with one attached hydrogen (secondary N) is 1. The molecule has 1 aromatic carbocycles. The maximum atomic E-state index is 9.16. The van der Waals surface area contributed by atoms with Gasteiger partial charge in [0, 0.05) is 12.1 Å². The number of rotatable bonds is 8. The van der Waals surface area contributed by atoms with E-state index in [-0.39, 0.29) is 6.61 Å². The van der Waals surface area contributed by atoms with Crippen molar-refractivity contribution in [3.05, 3.63) is 35.0 Å². The third-order valence-corrected chi connectivity index (χ3v) is 3.73. The van der Waals surface area contributed by atoms with Gasteiger partial charge in [0.05, 0.1) is 32.6 Å². The Labute approximate surface area is 137 Å². The minimum atomic E-state index is 0.0616. The van der Waals surface area contributed by atoms with Crippen molar-refractivity contribution in [2.45, 2.75) is 33.9 Å². The number of anilines is 1. The maximum absolute atomic E-state index is 9.16. The number of benzene rings is 1. The molecule has 0 saturated heterocycles. The number of ether oxygens (including phenoxy) is 2. The SMILES string of the molecule is CCOc1ccc(CNc2c(C)c(C)nn2CCO)cc1OC. The number of aromatic nitrogens is 2. The predicted octanol–water partition coefficient (Wildman–Crippen LogP) is 2.51. The summed E-state index contributed by atoms with van der Waals surface area (Å²) in [5.41, 5.74) is 3.14. The average Bonchev–Trinajstić information content (AvgIpc) is 2.81. The van der Waals surface area contributed by atoms with Gasteiger partial charge in [0.2, 0.25) is 0 Å². The Morgan fingerprint density at radius 3 is 2.70 bits per heavy atom. The van der Waals surface area contributed by atoms with Crippen LogP contribution in [0.5, 0.6) is 11.5 Å². The van der Waals surface area contributed by atoms with Crippen molar-refractivity contribution in [1.82, 2.24) is 9.78 Å². The van der Waals surface area contributed by atoms with Crippen molar-refractivity contribution < 1.29 is 14.6 Å². The van der Waals surface area contributed by atoms with Crippen LogP contribution in [0.2, 0.25) is 0 Å². The first-order chi connectivity index (χ1) is 11.1. The lowest BCUT2D eigenvalue weighted by Gasteiger charge is -2.13. The Hall–Kier alpha value is -2.21. The average molecular weight is 319 g/mol. The monoisotopic (exact) mass is 319 g/mol. The van der Waals surface area contributed by atoms with Crippen LogP contribution in [0.15, 0.2) is 18.2 Å². The molecule has 1 aromatic heterocycles. The Morgan fingerprint density at radius 2 is 2.04 bits per heavy atom. The predicted molar refractivity (Wildman–Crippen MR) is 90.3 cm³/mol. The topological polar surface area (TPSA) is 68.5 Å². The molecule has 0 aliphatic heterocycles. The van der Waals surface area contributed by atoms with Crippen LogP contribution >= 0.6 is 0 Å². The third kappa shape index (κ3) is 3.96. The summed E-state index contributed by atoms with van der Waals surface area (Å²) in [5.74, 6) is 2.41. The first-order valence-corrected chi connectivity index (χ1v) is 7.79. The molecular weight excluding hydrogens is 294 g/mol. The minimum absolute atomic E-state index is 0.0616. The van der Waals surface area contributed by atoms with Crippen LogP contribution in [0.4, 0.5) is 5.82 Å². The number of aliphatic hydroxyl groups is 1. The van der Waals surface area contributed by atoms with Gasteiger partial charge < -0.3 is 19.9 Å². The van der Waals surface area contributed by atoms with Crippen LogP contribution in [0.3, 0.4) is 0 Å². The molecule has 6 heteroatoms. The van der Waals surface area contributed by atoms with Gasteiger partial charge in [-0.3, -0.25) is 0 Å². The highest BCUT2D eigenvalue weighted by Crippen LogP contribution is 2.28. The summed E-state index contributed by atoms with van der Waals surface area (Å²) in [6.07, 6.45) is 0. The number of hydrogen-bond donors (Lipinski definition) is 2. The molecule has 0 bridgehead atoms. The fraction of sp³-hybridized carbons (Fsp3) is 0.471. The lowest BCUT2D eigenvalue weighted by Crippen LogP contribution is -2.11. The van der Waals surface area contributed by atoms with Gasteiger partial charge >= 0.3 is 0 Å². The first kappa shape index (κ1) is 17.1. The molecule has 23 heavy (non-hydrogen) atoms. The molecule has 0 unspecified atom stereocenters. The first-order valence-electron chi connectivity index (χ1n) is 7.79. The Bertz CT molecular complexity index is 653. The van der Waals surface area contributed by atoms with E-state index >= 15 is 0 Å². The molecule has 0 radical (unpaired) electrons. The lowest BCUT2D eigenvalue weighted by molar-refractivity contribution is 0.270. The largest absolute Gasteiger partial charge is 0.493 e. The van der Waals surface area contributed by atoms with E-state index in [0.717, 1.165) is 34.1 Å². The van der Waals surface area contributed by atoms with Crippen LogP contribution in [0.1, 0.15) is 23.7 Å². The van der Waals surface area contributed by atoms with Gasteiger partial charge in [-0.1, -0.05) is 6.07 Å². The number of hydrogen-bond acceptors (Lipinski definition) is 5. The van der Waals surface area contributed by atoms with Gasteiger partial charge in [0.25, 0.3) is 0 Å². The normalized spacial score (nSPS) is 10.7. The van der Waals surface area contributed by atoms with Gasteiger partial charge in [0.15, 0.2) is 11.5 Å². The van der Waals surface area contributed by atoms with E-state index in [1.54, 1.807) is 11.8 Å². The quantitative estimate of drug-likeness (QED) is 0.782. The molecule has 0 atom stereocenters. The molecule has 6 nitrogen and oxygen atoms in total. The summed E-state index contributed by atoms with van der Waals surface area (Å²) in [5, 5.41) is 17.0. The van der Waals surface area contributed by atoms with Crippen molar-refractivity contribution in [2.75, 3.05) is 25.6 Å². The van der Waals surface area contributed by atoms with Crippen LogP contribution in [0.25, 0.3) is 0 Å². The molecule has 2 rings (SSSR count). The Kier molecular flexibility index (Phi) is 5.87. The number of aryl methyl sites for hydroxylation is 1. The molecule has 0 amide bonds. The Balaban J connectivity index is 2.15. The fourth-order valence-corrected chi connectivity index (χ4v) is 2.43. The van der Waals surface area contributed by atoms with E-state index in [1.807, 2.05) is 39.0 Å². The number of aliphatic hydroxyl groups excluding tert-OH is 1. The van der Waals surface area contributed by atoms with Crippen LogP contribution in [-0.2, 0) is 13.1 Å². The molecule has 0 aliphatic carbocycles. The zero-order valence-corrected chi connectivity index (χ0v) is 14.2. The van der Waals surface area contributed by atoms with E-state index in [0.29, 0.717) is 19.7 Å². The summed E-state index contributed by atoms with van der Waals surface area (Å²) in [4.78, 5) is 0. The van der Waals surface area contributed by atoms with Gasteiger partial charge in [-0.25, -0.2) is 4.68 Å². The van der Waals surface area contributed by atoms with Crippen LogP contribution in [0, 0.1) is 13.8 Å². The van der Waals surface area contributed by atoms with Gasteiger partial charge in [-0.15, -0.1) is 0 Å². The molecule has 0 fully saturated rings. The maximum Gasteiger partial charge on any atom is 0.161 e. The number of methoxy groups -OCH3 is 1. The molecule has 0 spiro atoms. The fourth-order valence-electron chi connectivity index (χ4n) is 2.43. The van der Waals surface area contributed by atoms with Gasteiger partial charge in [-0.2, -0.15) is 5.10 Å². The molecular formula is C17H25N3O3. The van der Waals surface area contributed by atoms with Crippen molar-refractivity contribution >= 4 is 5.82 Å². The van der Waals surface area contributed by atoms with E-state index < -0.39 is 0 Å². The molecule has 1 heterocycles. The number of nitrogens with zero attached hydrogens (tertiary/aromatic N) is 2. The smallest absolute Gasteiger partial charge is 0.161 e. The molecule has 0 saturated carbocycles. The van der Waals surface area contributed by atoms with Gasteiger partial charge in [-0.05, 0) is 38.5 Å². The van der Waals surface area contributed by atoms with Crippen LogP contribution in [-0.4, -0.2) is 35.2 Å². The second-order valence-electron chi connectivity index (χ2n) is 5.28. The van der Waals surface area contributed by atoms with E-state index in [4.69, 9.17) is 14.6 Å². The van der Waals surface area contributed by atoms with Crippen molar-refractivity contribution in [2.24, 2.45) is 0 Å². The highest BCUT2D eigenvalue weighted by atomic mass is 16.5. The van der Waals surface area contributed by atoms with Crippen molar-refractivity contribution in [3.8, 4) is 11.5 Å². The van der Waals surface area contributed by atoms with Crippen LogP contribution < -0.4 is 14.8 Å². The minimum Gasteiger partial charge on any atom is -0.493 e. The molecule has 2 N–H and O–H groups in total. The summed E-state index contributed by atoms with van der Waals surface area (Å²) >= 11 is 0. The standard InChI is InChI=1S/C17H25N3O3/c1-5-23-15-7-6-14(10-16(15)22-4)11-18-17-12(2)13(3)19-20(17)8-9-21/h6-7,10,18,21H,5,8-9,11H2,1-4H3. The summed E-state index contributed by atoms with van der Waals surface area (Å²) in [6.45, 7) is 7.72. The van der Waals surface area contributed by atoms with E-state index in [1.165, 1.54) is 0 Å². The van der Waals surface area contributed by atoms with Gasteiger partial charge in [0.1, 0.15) is 5.82 Å².